The fourth-order valence-electron chi connectivity index (χ4n) is 3.08. The van der Waals surface area contributed by atoms with Gasteiger partial charge in [0.25, 0.3) is 5.91 Å². The van der Waals surface area contributed by atoms with E-state index in [2.05, 4.69) is 36.5 Å². The molecule has 0 saturated carbocycles. The third-order valence-corrected chi connectivity index (χ3v) is 4.70. The molecule has 0 unspecified atom stereocenters. The lowest BCUT2D eigenvalue weighted by atomic mass is 10.1. The van der Waals surface area contributed by atoms with Gasteiger partial charge in [-0.05, 0) is 49.1 Å². The molecule has 0 saturated heterocycles. The molecule has 0 bridgehead atoms. The molecule has 0 aliphatic heterocycles. The number of hydrogen-bond donors (Lipinski definition) is 1. The first kappa shape index (κ1) is 21.4. The summed E-state index contributed by atoms with van der Waals surface area (Å²) < 4.78 is 11.6. The van der Waals surface area contributed by atoms with Crippen LogP contribution in [0.15, 0.2) is 78.9 Å². The van der Waals surface area contributed by atoms with Gasteiger partial charge in [0.15, 0.2) is 0 Å². The maximum absolute atomic E-state index is 12.8. The number of amides is 1. The van der Waals surface area contributed by atoms with Gasteiger partial charge in [-0.1, -0.05) is 61.9 Å². The third-order valence-electron chi connectivity index (χ3n) is 4.70. The van der Waals surface area contributed by atoms with Gasteiger partial charge in [0.05, 0.1) is 18.8 Å². The Morgan fingerprint density at radius 3 is 2.43 bits per heavy atom. The van der Waals surface area contributed by atoms with E-state index in [1.165, 1.54) is 5.56 Å². The standard InChI is InChI=1S/C26H29NO3/c1-2-3-18-30-25-17-8-7-16-24(25)26(28)27-22-14-9-15-23(20-22)29-19-10-13-21-11-5-4-6-12-21/h4-9,11-12,14-17,20H,2-3,10,13,18-19H2,1H3,(H,27,28). The van der Waals surface area contributed by atoms with Gasteiger partial charge < -0.3 is 14.8 Å². The Labute approximate surface area is 178 Å². The smallest absolute Gasteiger partial charge is 0.259 e. The van der Waals surface area contributed by atoms with Crippen molar-refractivity contribution in [1.82, 2.24) is 0 Å². The summed E-state index contributed by atoms with van der Waals surface area (Å²) in [5.41, 5.74) is 2.54. The summed E-state index contributed by atoms with van der Waals surface area (Å²) in [6.07, 6.45) is 3.92. The lowest BCUT2D eigenvalue weighted by Crippen LogP contribution is -2.14. The molecule has 156 valence electrons. The van der Waals surface area contributed by atoms with Crippen LogP contribution in [0, 0.1) is 0 Å². The average Bonchev–Trinajstić information content (AvgIpc) is 2.78. The normalized spacial score (nSPS) is 10.4. The molecule has 4 heteroatoms. The molecule has 0 radical (unpaired) electrons. The molecule has 0 fully saturated rings. The van der Waals surface area contributed by atoms with E-state index < -0.39 is 0 Å². The van der Waals surface area contributed by atoms with Gasteiger partial charge in [0.1, 0.15) is 11.5 Å². The summed E-state index contributed by atoms with van der Waals surface area (Å²) in [4.78, 5) is 12.8. The zero-order valence-corrected chi connectivity index (χ0v) is 17.5. The van der Waals surface area contributed by atoms with Crippen LogP contribution in [0.3, 0.4) is 0 Å². The highest BCUT2D eigenvalue weighted by atomic mass is 16.5. The van der Waals surface area contributed by atoms with Gasteiger partial charge in [-0.25, -0.2) is 0 Å². The Hall–Kier alpha value is -3.27. The summed E-state index contributed by atoms with van der Waals surface area (Å²) >= 11 is 0. The van der Waals surface area contributed by atoms with Gasteiger partial charge in [-0.3, -0.25) is 4.79 Å². The summed E-state index contributed by atoms with van der Waals surface area (Å²) in [5.74, 6) is 1.16. The molecule has 4 nitrogen and oxygen atoms in total. The highest BCUT2D eigenvalue weighted by molar-refractivity contribution is 6.06. The molecule has 3 rings (SSSR count). The maximum atomic E-state index is 12.8. The van der Waals surface area contributed by atoms with Gasteiger partial charge in [-0.15, -0.1) is 0 Å². The number of hydrogen-bond acceptors (Lipinski definition) is 3. The van der Waals surface area contributed by atoms with Crippen LogP contribution in [0.1, 0.15) is 42.1 Å². The number of rotatable bonds is 11. The summed E-state index contributed by atoms with van der Waals surface area (Å²) in [7, 11) is 0. The van der Waals surface area contributed by atoms with Crippen LogP contribution < -0.4 is 14.8 Å². The lowest BCUT2D eigenvalue weighted by Gasteiger charge is -2.12. The quantitative estimate of drug-likeness (QED) is 0.392. The zero-order chi connectivity index (χ0) is 21.0. The molecular weight excluding hydrogens is 374 g/mol. The molecule has 3 aromatic carbocycles. The number of anilines is 1. The van der Waals surface area contributed by atoms with Crippen molar-refractivity contribution in [3.63, 3.8) is 0 Å². The molecule has 1 amide bonds. The number of para-hydroxylation sites is 1. The number of unbranched alkanes of at least 4 members (excludes halogenated alkanes) is 1. The molecule has 30 heavy (non-hydrogen) atoms. The van der Waals surface area contributed by atoms with Crippen molar-refractivity contribution in [1.29, 1.82) is 0 Å². The van der Waals surface area contributed by atoms with Gasteiger partial charge >= 0.3 is 0 Å². The van der Waals surface area contributed by atoms with Crippen LogP contribution in [-0.4, -0.2) is 19.1 Å². The van der Waals surface area contributed by atoms with Crippen LogP contribution in [0.4, 0.5) is 5.69 Å². The van der Waals surface area contributed by atoms with Crippen molar-refractivity contribution in [3.05, 3.63) is 90.0 Å². The van der Waals surface area contributed by atoms with Crippen molar-refractivity contribution in [2.24, 2.45) is 0 Å². The molecule has 1 N–H and O–H groups in total. The Bertz CT molecular complexity index is 924. The highest BCUT2D eigenvalue weighted by Gasteiger charge is 2.12. The van der Waals surface area contributed by atoms with Crippen LogP contribution >= 0.6 is 0 Å². The molecule has 0 aromatic heterocycles. The maximum Gasteiger partial charge on any atom is 0.259 e. The second kappa shape index (κ2) is 11.7. The Balaban J connectivity index is 1.54. The molecule has 0 aliphatic carbocycles. The van der Waals surface area contributed by atoms with E-state index in [1.807, 2.05) is 48.5 Å². The van der Waals surface area contributed by atoms with Crippen molar-refractivity contribution in [3.8, 4) is 11.5 Å². The number of carbonyl (C=O) groups excluding carboxylic acids is 1. The Kier molecular flexibility index (Phi) is 8.34. The van der Waals surface area contributed by atoms with Crippen LogP contribution in [-0.2, 0) is 6.42 Å². The van der Waals surface area contributed by atoms with Crippen molar-refractivity contribution in [2.45, 2.75) is 32.6 Å². The second-order valence-corrected chi connectivity index (χ2v) is 7.12. The van der Waals surface area contributed by atoms with E-state index in [0.29, 0.717) is 30.2 Å². The van der Waals surface area contributed by atoms with Gasteiger partial charge in [0.2, 0.25) is 0 Å². The minimum atomic E-state index is -0.191. The molecule has 3 aromatic rings. The summed E-state index contributed by atoms with van der Waals surface area (Å²) in [5, 5.41) is 2.95. The first-order valence-corrected chi connectivity index (χ1v) is 10.6. The molecule has 0 aliphatic rings. The fourth-order valence-corrected chi connectivity index (χ4v) is 3.08. The van der Waals surface area contributed by atoms with E-state index in [4.69, 9.17) is 9.47 Å². The average molecular weight is 404 g/mol. The zero-order valence-electron chi connectivity index (χ0n) is 17.5. The van der Waals surface area contributed by atoms with Crippen LogP contribution in [0.25, 0.3) is 0 Å². The summed E-state index contributed by atoms with van der Waals surface area (Å²) in [6.45, 7) is 3.34. The summed E-state index contributed by atoms with van der Waals surface area (Å²) in [6, 6.07) is 25.2. The number of nitrogens with one attached hydrogen (secondary N) is 1. The van der Waals surface area contributed by atoms with E-state index in [1.54, 1.807) is 6.07 Å². The SMILES string of the molecule is CCCCOc1ccccc1C(=O)Nc1cccc(OCCCc2ccccc2)c1. The largest absolute Gasteiger partial charge is 0.494 e. The first-order chi connectivity index (χ1) is 14.8. The van der Waals surface area contributed by atoms with E-state index >= 15 is 0 Å². The van der Waals surface area contributed by atoms with Crippen molar-refractivity contribution in [2.75, 3.05) is 18.5 Å². The molecule has 0 atom stereocenters. The van der Waals surface area contributed by atoms with Crippen molar-refractivity contribution >= 4 is 11.6 Å². The minimum absolute atomic E-state index is 0.191. The molecular formula is C26H29NO3. The highest BCUT2D eigenvalue weighted by Crippen LogP contribution is 2.22. The van der Waals surface area contributed by atoms with Gasteiger partial charge in [-0.2, -0.15) is 0 Å². The Morgan fingerprint density at radius 2 is 1.60 bits per heavy atom. The molecule has 0 heterocycles. The molecule has 0 spiro atoms. The number of benzene rings is 3. The van der Waals surface area contributed by atoms with E-state index in [9.17, 15) is 4.79 Å². The topological polar surface area (TPSA) is 47.6 Å². The fraction of sp³-hybridized carbons (Fsp3) is 0.269. The number of aryl methyl sites for hydroxylation is 1. The number of carbonyl (C=O) groups is 1. The first-order valence-electron chi connectivity index (χ1n) is 10.6. The van der Waals surface area contributed by atoms with E-state index in [-0.39, 0.29) is 5.91 Å². The Morgan fingerprint density at radius 1 is 0.833 bits per heavy atom. The predicted octanol–water partition coefficient (Wildman–Crippen LogP) is 6.13. The third kappa shape index (κ3) is 6.66. The second-order valence-electron chi connectivity index (χ2n) is 7.12. The minimum Gasteiger partial charge on any atom is -0.494 e. The van der Waals surface area contributed by atoms with E-state index in [0.717, 1.165) is 31.4 Å². The monoisotopic (exact) mass is 403 g/mol. The van der Waals surface area contributed by atoms with Crippen LogP contribution in [0.5, 0.6) is 11.5 Å². The lowest BCUT2D eigenvalue weighted by molar-refractivity contribution is 0.102. The predicted molar refractivity (Wildman–Crippen MR) is 121 cm³/mol. The van der Waals surface area contributed by atoms with Crippen molar-refractivity contribution < 1.29 is 14.3 Å². The number of ether oxygens (including phenoxy) is 2. The van der Waals surface area contributed by atoms with Gasteiger partial charge in [0, 0.05) is 11.8 Å². The van der Waals surface area contributed by atoms with Crippen LogP contribution in [0.2, 0.25) is 0 Å².